The van der Waals surface area contributed by atoms with Crippen LogP contribution in [0.5, 0.6) is 6.01 Å². The molecule has 0 spiro atoms. The Morgan fingerprint density at radius 2 is 2.17 bits per heavy atom. The molecule has 0 bridgehead atoms. The van der Waals surface area contributed by atoms with Crippen LogP contribution in [0.2, 0.25) is 5.02 Å². The van der Waals surface area contributed by atoms with E-state index in [4.69, 9.17) is 21.1 Å². The Labute approximate surface area is 112 Å². The molecule has 1 N–H and O–H groups in total. The van der Waals surface area contributed by atoms with E-state index < -0.39 is 0 Å². The van der Waals surface area contributed by atoms with Gasteiger partial charge in [0.25, 0.3) is 0 Å². The molecule has 1 heterocycles. The van der Waals surface area contributed by atoms with Gasteiger partial charge in [-0.05, 0) is 0 Å². The van der Waals surface area contributed by atoms with Crippen LogP contribution < -0.4 is 15.0 Å². The maximum absolute atomic E-state index is 6.05. The Morgan fingerprint density at radius 1 is 1.39 bits per heavy atom. The second-order valence-corrected chi connectivity index (χ2v) is 4.10. The lowest BCUT2D eigenvalue weighted by Crippen LogP contribution is -2.31. The molecule has 1 rings (SSSR count). The topological polar surface area (TPSA) is 59.5 Å². The molecule has 0 amide bonds. The molecular formula is C11H19ClN4O2. The van der Waals surface area contributed by atoms with Gasteiger partial charge in [0.05, 0.1) is 19.9 Å². The fourth-order valence-corrected chi connectivity index (χ4v) is 1.60. The molecule has 18 heavy (non-hydrogen) atoms. The zero-order valence-corrected chi connectivity index (χ0v) is 11.7. The van der Waals surface area contributed by atoms with Crippen molar-refractivity contribution in [2.75, 3.05) is 52.4 Å². The van der Waals surface area contributed by atoms with Crippen LogP contribution in [0.4, 0.5) is 5.82 Å². The van der Waals surface area contributed by atoms with Crippen molar-refractivity contribution >= 4 is 17.4 Å². The van der Waals surface area contributed by atoms with E-state index in [-0.39, 0.29) is 0 Å². The number of rotatable bonds is 8. The predicted octanol–water partition coefficient (Wildman–Crippen LogP) is 0.811. The Balaban J connectivity index is 2.47. The van der Waals surface area contributed by atoms with E-state index in [1.807, 2.05) is 11.9 Å². The average Bonchev–Trinajstić information content (AvgIpc) is 2.39. The standard InChI is InChI=1S/C11H19ClN4O2/c1-16(6-4-13-5-7-17-2)10-9(12)8-14-11(15-10)18-3/h8,13H,4-7H2,1-3H3. The summed E-state index contributed by atoms with van der Waals surface area (Å²) in [5.41, 5.74) is 0. The van der Waals surface area contributed by atoms with E-state index in [0.717, 1.165) is 19.6 Å². The highest BCUT2D eigenvalue weighted by molar-refractivity contribution is 6.32. The van der Waals surface area contributed by atoms with Crippen molar-refractivity contribution in [1.29, 1.82) is 0 Å². The summed E-state index contributed by atoms with van der Waals surface area (Å²) < 4.78 is 9.93. The van der Waals surface area contributed by atoms with Gasteiger partial charge in [-0.25, -0.2) is 4.98 Å². The van der Waals surface area contributed by atoms with Gasteiger partial charge in [-0.2, -0.15) is 4.98 Å². The zero-order valence-electron chi connectivity index (χ0n) is 10.9. The highest BCUT2D eigenvalue weighted by Crippen LogP contribution is 2.22. The Bertz CT molecular complexity index is 365. The first-order valence-corrected chi connectivity index (χ1v) is 6.04. The van der Waals surface area contributed by atoms with E-state index >= 15 is 0 Å². The summed E-state index contributed by atoms with van der Waals surface area (Å²) in [5, 5.41) is 3.76. The van der Waals surface area contributed by atoms with Crippen molar-refractivity contribution < 1.29 is 9.47 Å². The van der Waals surface area contributed by atoms with Crippen molar-refractivity contribution in [3.8, 4) is 6.01 Å². The van der Waals surface area contributed by atoms with Crippen molar-refractivity contribution in [2.45, 2.75) is 0 Å². The normalized spacial score (nSPS) is 10.4. The van der Waals surface area contributed by atoms with Crippen LogP contribution in [-0.4, -0.2) is 57.5 Å². The van der Waals surface area contributed by atoms with E-state index in [2.05, 4.69) is 15.3 Å². The van der Waals surface area contributed by atoms with Gasteiger partial charge in [-0.15, -0.1) is 0 Å². The molecule has 1 aromatic rings. The molecule has 1 aromatic heterocycles. The first-order chi connectivity index (χ1) is 8.69. The van der Waals surface area contributed by atoms with E-state index in [1.54, 1.807) is 7.11 Å². The first kappa shape index (κ1) is 14.9. The van der Waals surface area contributed by atoms with Gasteiger partial charge in [0.15, 0.2) is 5.82 Å². The van der Waals surface area contributed by atoms with Gasteiger partial charge < -0.3 is 19.7 Å². The molecule has 0 atom stereocenters. The Hall–Kier alpha value is -1.11. The SMILES string of the molecule is COCCNCCN(C)c1nc(OC)ncc1Cl. The molecule has 0 radical (unpaired) electrons. The molecule has 7 heteroatoms. The summed E-state index contributed by atoms with van der Waals surface area (Å²) in [6.45, 7) is 3.13. The van der Waals surface area contributed by atoms with E-state index in [0.29, 0.717) is 23.5 Å². The molecule has 0 aliphatic heterocycles. The van der Waals surface area contributed by atoms with Crippen molar-refractivity contribution in [2.24, 2.45) is 0 Å². The summed E-state index contributed by atoms with van der Waals surface area (Å²) >= 11 is 6.05. The lowest BCUT2D eigenvalue weighted by molar-refractivity contribution is 0.200. The minimum Gasteiger partial charge on any atom is -0.467 e. The van der Waals surface area contributed by atoms with Crippen LogP contribution in [0.25, 0.3) is 0 Å². The fourth-order valence-electron chi connectivity index (χ4n) is 1.36. The van der Waals surface area contributed by atoms with Crippen LogP contribution >= 0.6 is 11.6 Å². The summed E-state index contributed by atoms with van der Waals surface area (Å²) in [7, 11) is 5.13. The second kappa shape index (κ2) is 8.07. The molecule has 0 aliphatic rings. The van der Waals surface area contributed by atoms with Gasteiger partial charge in [-0.1, -0.05) is 11.6 Å². The van der Waals surface area contributed by atoms with Gasteiger partial charge in [0.1, 0.15) is 5.02 Å². The molecule has 0 saturated heterocycles. The zero-order chi connectivity index (χ0) is 13.4. The van der Waals surface area contributed by atoms with Gasteiger partial charge in [0.2, 0.25) is 0 Å². The lowest BCUT2D eigenvalue weighted by atomic mass is 10.4. The van der Waals surface area contributed by atoms with Crippen molar-refractivity contribution in [1.82, 2.24) is 15.3 Å². The Kier molecular flexibility index (Phi) is 6.70. The highest BCUT2D eigenvalue weighted by Gasteiger charge is 2.10. The van der Waals surface area contributed by atoms with E-state index in [9.17, 15) is 0 Å². The molecule has 0 fully saturated rings. The average molecular weight is 275 g/mol. The molecular weight excluding hydrogens is 256 g/mol. The number of hydrogen-bond acceptors (Lipinski definition) is 6. The van der Waals surface area contributed by atoms with Gasteiger partial charge in [0, 0.05) is 33.8 Å². The number of anilines is 1. The third kappa shape index (κ3) is 4.64. The van der Waals surface area contributed by atoms with Gasteiger partial charge >= 0.3 is 6.01 Å². The summed E-state index contributed by atoms with van der Waals surface area (Å²) in [5.74, 6) is 0.664. The summed E-state index contributed by atoms with van der Waals surface area (Å²) in [6.07, 6.45) is 1.54. The van der Waals surface area contributed by atoms with E-state index in [1.165, 1.54) is 13.3 Å². The molecule has 0 aromatic carbocycles. The van der Waals surface area contributed by atoms with Crippen LogP contribution in [0.15, 0.2) is 6.20 Å². The lowest BCUT2D eigenvalue weighted by Gasteiger charge is -2.19. The summed E-state index contributed by atoms with van der Waals surface area (Å²) in [4.78, 5) is 10.1. The number of likely N-dealkylation sites (N-methyl/N-ethyl adjacent to an activating group) is 1. The first-order valence-electron chi connectivity index (χ1n) is 5.66. The monoisotopic (exact) mass is 274 g/mol. The minimum atomic E-state index is 0.314. The maximum Gasteiger partial charge on any atom is 0.318 e. The second-order valence-electron chi connectivity index (χ2n) is 3.69. The number of nitrogens with one attached hydrogen (secondary N) is 1. The number of hydrogen-bond donors (Lipinski definition) is 1. The molecule has 6 nitrogen and oxygen atoms in total. The van der Waals surface area contributed by atoms with Gasteiger partial charge in [-0.3, -0.25) is 0 Å². The highest BCUT2D eigenvalue weighted by atomic mass is 35.5. The number of nitrogens with zero attached hydrogens (tertiary/aromatic N) is 3. The Morgan fingerprint density at radius 3 is 2.83 bits per heavy atom. The summed E-state index contributed by atoms with van der Waals surface area (Å²) in [6, 6.07) is 0.314. The van der Waals surface area contributed by atoms with Crippen LogP contribution in [0.3, 0.4) is 0 Å². The maximum atomic E-state index is 6.05. The third-order valence-corrected chi connectivity index (χ3v) is 2.62. The molecule has 0 unspecified atom stereocenters. The number of aromatic nitrogens is 2. The smallest absolute Gasteiger partial charge is 0.318 e. The minimum absolute atomic E-state index is 0.314. The van der Waals surface area contributed by atoms with Crippen LogP contribution in [0.1, 0.15) is 0 Å². The molecule has 102 valence electrons. The molecule has 0 aliphatic carbocycles. The number of halogens is 1. The predicted molar refractivity (Wildman–Crippen MR) is 71.6 cm³/mol. The van der Waals surface area contributed by atoms with Crippen LogP contribution in [0, 0.1) is 0 Å². The van der Waals surface area contributed by atoms with Crippen molar-refractivity contribution in [3.05, 3.63) is 11.2 Å². The fraction of sp³-hybridized carbons (Fsp3) is 0.636. The number of methoxy groups -OCH3 is 2. The van der Waals surface area contributed by atoms with Crippen molar-refractivity contribution in [3.63, 3.8) is 0 Å². The third-order valence-electron chi connectivity index (χ3n) is 2.35. The quantitative estimate of drug-likeness (QED) is 0.708. The number of ether oxygens (including phenoxy) is 2. The largest absolute Gasteiger partial charge is 0.467 e. The molecule has 0 saturated carbocycles. The van der Waals surface area contributed by atoms with Crippen LogP contribution in [-0.2, 0) is 4.74 Å².